The van der Waals surface area contributed by atoms with Crippen LogP contribution in [0.3, 0.4) is 0 Å². The Kier molecular flexibility index (Phi) is 10.9. The molecule has 2 heterocycles. The van der Waals surface area contributed by atoms with Crippen molar-refractivity contribution in [2.24, 2.45) is 0 Å². The van der Waals surface area contributed by atoms with E-state index in [0.717, 1.165) is 12.1 Å². The third-order valence-electron chi connectivity index (χ3n) is 7.50. The Labute approximate surface area is 285 Å². The normalized spacial score (nSPS) is 19.5. The maximum Gasteiger partial charge on any atom is 0.422 e. The second kappa shape index (κ2) is 14.9. The summed E-state index contributed by atoms with van der Waals surface area (Å²) in [7, 11) is 0. The van der Waals surface area contributed by atoms with Crippen molar-refractivity contribution in [2.75, 3.05) is 26.4 Å². The van der Waals surface area contributed by atoms with Gasteiger partial charge in [0.15, 0.2) is 26.4 Å². The summed E-state index contributed by atoms with van der Waals surface area (Å²) < 4.78 is 176. The molecule has 52 heavy (non-hydrogen) atoms. The second-order valence-electron chi connectivity index (χ2n) is 11.4. The summed E-state index contributed by atoms with van der Waals surface area (Å²) in [5.41, 5.74) is 0.653. The fraction of sp³-hybridized carbons (Fsp3) is 0.375. The highest BCUT2D eigenvalue weighted by molar-refractivity contribution is 5.47. The lowest BCUT2D eigenvalue weighted by Gasteiger charge is -2.52. The zero-order valence-electron chi connectivity index (χ0n) is 26.0. The Balaban J connectivity index is 1.68. The maximum atomic E-state index is 13.1. The number of ether oxygens (including phenoxy) is 4. The first-order chi connectivity index (χ1) is 24.2. The molecule has 0 spiro atoms. The van der Waals surface area contributed by atoms with Gasteiger partial charge in [-0.2, -0.15) is 72.6 Å². The number of benzene rings is 2. The quantitative estimate of drug-likeness (QED) is 0.133. The van der Waals surface area contributed by atoms with E-state index in [-0.39, 0.29) is 11.4 Å². The van der Waals surface area contributed by atoms with Crippen LogP contribution in [-0.4, -0.2) is 71.1 Å². The smallest absolute Gasteiger partial charge is 0.422 e. The van der Waals surface area contributed by atoms with Crippen molar-refractivity contribution < 1.29 is 71.6 Å². The Morgan fingerprint density at radius 2 is 0.712 bits per heavy atom. The molecule has 0 amide bonds. The molecule has 5 rings (SSSR count). The van der Waals surface area contributed by atoms with Gasteiger partial charge in [-0.3, -0.25) is 0 Å². The van der Waals surface area contributed by atoms with Crippen LogP contribution < -0.4 is 18.9 Å². The Morgan fingerprint density at radius 3 is 1.02 bits per heavy atom. The van der Waals surface area contributed by atoms with Crippen molar-refractivity contribution >= 4 is 0 Å². The van der Waals surface area contributed by atoms with E-state index < -0.39 is 98.6 Å². The zero-order valence-corrected chi connectivity index (χ0v) is 26.0. The summed E-state index contributed by atoms with van der Waals surface area (Å²) >= 11 is 0. The number of alkyl halides is 12. The van der Waals surface area contributed by atoms with Crippen LogP contribution in [0.5, 0.6) is 23.8 Å². The van der Waals surface area contributed by atoms with E-state index in [1.54, 1.807) is 60.7 Å². The van der Waals surface area contributed by atoms with Gasteiger partial charge in [0.2, 0.25) is 11.8 Å². The van der Waals surface area contributed by atoms with Crippen LogP contribution in [0.15, 0.2) is 72.8 Å². The highest BCUT2D eigenvalue weighted by atomic mass is 19.4. The lowest BCUT2D eigenvalue weighted by Crippen LogP contribution is -2.41. The van der Waals surface area contributed by atoms with E-state index in [0.29, 0.717) is 11.1 Å². The molecule has 0 atom stereocenters. The number of rotatable bonds is 12. The minimum absolute atomic E-state index is 0.153. The summed E-state index contributed by atoms with van der Waals surface area (Å²) in [6.07, 6.45) is -19.5. The second-order valence-corrected chi connectivity index (χ2v) is 11.4. The molecule has 0 saturated heterocycles. The van der Waals surface area contributed by atoms with Crippen LogP contribution in [0.1, 0.15) is 46.2 Å². The third-order valence-corrected chi connectivity index (χ3v) is 7.50. The van der Waals surface area contributed by atoms with Crippen molar-refractivity contribution in [3.05, 3.63) is 95.3 Å². The molecule has 1 fully saturated rings. The molecule has 4 aromatic rings. The highest BCUT2D eigenvalue weighted by Gasteiger charge is 2.55. The number of halogens is 12. The van der Waals surface area contributed by atoms with Crippen LogP contribution in [0.4, 0.5) is 52.7 Å². The number of hydrogen-bond acceptors (Lipinski definition) is 8. The first kappa shape index (κ1) is 38.2. The molecule has 2 aromatic carbocycles. The lowest BCUT2D eigenvalue weighted by molar-refractivity contribution is -0.156. The number of hydrogen-bond donors (Lipinski definition) is 0. The van der Waals surface area contributed by atoms with Gasteiger partial charge in [-0.05, 0) is 11.1 Å². The Morgan fingerprint density at radius 1 is 0.404 bits per heavy atom. The Hall–Kier alpha value is -5.04. The molecule has 0 N–H and O–H groups in total. The van der Waals surface area contributed by atoms with Crippen molar-refractivity contribution in [1.29, 1.82) is 0 Å². The highest BCUT2D eigenvalue weighted by Crippen LogP contribution is 2.66. The standard InChI is InChI=1S/C32H24F12N4O4/c33-29(34,35)13-49-21-11-19(45-27(47-21)51-15-31(39,40)41)25-23(17-7-3-1-4-8-17)26(24(25)18-9-5-2-6-10-18)20-12-22(50-14-30(36,37)38)48-28(46-20)52-16-32(42,43)44/h1-12,23-26H,13-16H2/t23-,24-,25-,26+. The summed E-state index contributed by atoms with van der Waals surface area (Å²) in [6, 6.07) is 16.1. The van der Waals surface area contributed by atoms with Crippen LogP contribution in [0, 0.1) is 0 Å². The Bertz CT molecular complexity index is 1580. The molecule has 0 aliphatic heterocycles. The molecule has 1 aliphatic rings. The molecule has 20 heteroatoms. The van der Waals surface area contributed by atoms with E-state index in [4.69, 9.17) is 18.9 Å². The molecule has 8 nitrogen and oxygen atoms in total. The van der Waals surface area contributed by atoms with Crippen LogP contribution in [0.25, 0.3) is 0 Å². The topological polar surface area (TPSA) is 88.5 Å². The van der Waals surface area contributed by atoms with Gasteiger partial charge >= 0.3 is 36.7 Å². The van der Waals surface area contributed by atoms with E-state index in [1.807, 2.05) is 0 Å². The summed E-state index contributed by atoms with van der Waals surface area (Å²) in [6.45, 7) is -7.56. The summed E-state index contributed by atoms with van der Waals surface area (Å²) in [5.74, 6) is -5.26. The molecule has 280 valence electrons. The van der Waals surface area contributed by atoms with Gasteiger partial charge in [0.25, 0.3) is 0 Å². The minimum Gasteiger partial charge on any atom is -0.468 e. The minimum atomic E-state index is -4.89. The van der Waals surface area contributed by atoms with Gasteiger partial charge < -0.3 is 18.9 Å². The fourth-order valence-corrected chi connectivity index (χ4v) is 5.73. The molecule has 1 saturated carbocycles. The SMILES string of the molecule is FC(F)(F)COc1cc([C@H]2[C@H](c3ccccc3)[C@@H](c3cc(OCC(F)(F)F)nc(OCC(F)(F)F)n3)[C@H]2c2ccccc2)nc(OCC(F)(F)F)n1. The van der Waals surface area contributed by atoms with Gasteiger partial charge in [-0.15, -0.1) is 0 Å². The van der Waals surface area contributed by atoms with Crippen LogP contribution in [0.2, 0.25) is 0 Å². The fourth-order valence-electron chi connectivity index (χ4n) is 5.73. The first-order valence-corrected chi connectivity index (χ1v) is 14.9. The molecule has 0 radical (unpaired) electrons. The molecule has 2 aromatic heterocycles. The molecular weight excluding hydrogens is 732 g/mol. The van der Waals surface area contributed by atoms with Crippen molar-refractivity contribution in [1.82, 2.24) is 19.9 Å². The number of aromatic nitrogens is 4. The largest absolute Gasteiger partial charge is 0.468 e. The van der Waals surface area contributed by atoms with Gasteiger partial charge in [0.1, 0.15) is 0 Å². The van der Waals surface area contributed by atoms with Gasteiger partial charge in [-0.1, -0.05) is 60.7 Å². The van der Waals surface area contributed by atoms with Crippen LogP contribution >= 0.6 is 0 Å². The van der Waals surface area contributed by atoms with Gasteiger partial charge in [0, 0.05) is 35.8 Å². The predicted molar refractivity (Wildman–Crippen MR) is 154 cm³/mol. The van der Waals surface area contributed by atoms with E-state index in [2.05, 4.69) is 19.9 Å². The van der Waals surface area contributed by atoms with E-state index in [1.165, 1.54) is 0 Å². The van der Waals surface area contributed by atoms with Crippen molar-refractivity contribution in [3.63, 3.8) is 0 Å². The molecule has 0 bridgehead atoms. The maximum absolute atomic E-state index is 13.1. The summed E-state index contributed by atoms with van der Waals surface area (Å²) in [5, 5.41) is 0. The monoisotopic (exact) mass is 756 g/mol. The van der Waals surface area contributed by atoms with Crippen molar-refractivity contribution in [2.45, 2.75) is 48.4 Å². The number of nitrogens with zero attached hydrogens (tertiary/aromatic N) is 4. The predicted octanol–water partition coefficient (Wildman–Crippen LogP) is 8.48. The molecule has 0 unspecified atom stereocenters. The summed E-state index contributed by atoms with van der Waals surface area (Å²) in [4.78, 5) is 15.3. The average molecular weight is 757 g/mol. The zero-order chi connectivity index (χ0) is 37.9. The molecular formula is C32H24F12N4O4. The van der Waals surface area contributed by atoms with Crippen molar-refractivity contribution in [3.8, 4) is 23.8 Å². The average Bonchev–Trinajstić information content (AvgIpc) is 3.04. The van der Waals surface area contributed by atoms with E-state index in [9.17, 15) is 52.7 Å². The first-order valence-electron chi connectivity index (χ1n) is 14.9. The van der Waals surface area contributed by atoms with E-state index >= 15 is 0 Å². The third kappa shape index (κ3) is 10.5. The van der Waals surface area contributed by atoms with Gasteiger partial charge in [-0.25, -0.2) is 0 Å². The molecule has 1 aliphatic carbocycles. The van der Waals surface area contributed by atoms with Gasteiger partial charge in [0.05, 0.1) is 11.4 Å². The van der Waals surface area contributed by atoms with Crippen LogP contribution in [-0.2, 0) is 0 Å². The lowest BCUT2D eigenvalue weighted by atomic mass is 9.50.